The second-order valence-corrected chi connectivity index (χ2v) is 4.45. The van der Waals surface area contributed by atoms with E-state index in [2.05, 4.69) is 5.32 Å². The highest BCUT2D eigenvalue weighted by Crippen LogP contribution is 2.11. The molecule has 1 rings (SSSR count). The summed E-state index contributed by atoms with van der Waals surface area (Å²) in [5.41, 5.74) is 6.27. The maximum Gasteiger partial charge on any atom is 0.233 e. The molecule has 3 N–H and O–H groups in total. The van der Waals surface area contributed by atoms with E-state index in [4.69, 9.17) is 5.73 Å². The quantitative estimate of drug-likeness (QED) is 0.862. The van der Waals surface area contributed by atoms with E-state index in [1.54, 1.807) is 12.1 Å². The van der Waals surface area contributed by atoms with Gasteiger partial charge in [0, 0.05) is 6.04 Å². The lowest BCUT2D eigenvalue weighted by Crippen LogP contribution is -2.43. The Morgan fingerprint density at radius 2 is 1.89 bits per heavy atom. The van der Waals surface area contributed by atoms with Crippen molar-refractivity contribution in [3.8, 4) is 0 Å². The van der Waals surface area contributed by atoms with Crippen LogP contribution >= 0.6 is 12.4 Å². The van der Waals surface area contributed by atoms with Crippen molar-refractivity contribution >= 4 is 18.3 Å². The van der Waals surface area contributed by atoms with Crippen LogP contribution in [-0.4, -0.2) is 18.5 Å². The highest BCUT2D eigenvalue weighted by molar-refractivity contribution is 5.85. The highest BCUT2D eigenvalue weighted by Gasteiger charge is 2.15. The normalized spacial score (nSPS) is 11.8. The summed E-state index contributed by atoms with van der Waals surface area (Å²) in [6.45, 7) is 4.06. The summed E-state index contributed by atoms with van der Waals surface area (Å²) >= 11 is 0. The largest absolute Gasteiger partial charge is 0.352 e. The fraction of sp³-hybridized carbons (Fsp3) is 0.462. The van der Waals surface area contributed by atoms with Crippen LogP contribution in [0.3, 0.4) is 0 Å². The van der Waals surface area contributed by atoms with Gasteiger partial charge in [-0.3, -0.25) is 4.79 Å². The molecule has 5 heteroatoms. The Morgan fingerprint density at radius 3 is 2.33 bits per heavy atom. The van der Waals surface area contributed by atoms with Gasteiger partial charge in [-0.2, -0.15) is 0 Å². The number of carbonyl (C=O) groups excluding carboxylic acids is 1. The number of benzene rings is 1. The van der Waals surface area contributed by atoms with Gasteiger partial charge < -0.3 is 11.1 Å². The lowest BCUT2D eigenvalue weighted by atomic mass is 9.96. The van der Waals surface area contributed by atoms with E-state index in [1.165, 1.54) is 12.1 Å². The summed E-state index contributed by atoms with van der Waals surface area (Å²) in [5.74, 6) is -0.109. The van der Waals surface area contributed by atoms with Gasteiger partial charge in [0.05, 0.1) is 6.54 Å². The molecular formula is C13H20ClFN2O. The lowest BCUT2D eigenvalue weighted by molar-refractivity contribution is -0.120. The number of hydrogen-bond donors (Lipinski definition) is 2. The van der Waals surface area contributed by atoms with Crippen LogP contribution in [0.25, 0.3) is 0 Å². The molecule has 0 fully saturated rings. The van der Waals surface area contributed by atoms with Crippen LogP contribution in [0, 0.1) is 11.7 Å². The number of amides is 1. The van der Waals surface area contributed by atoms with Gasteiger partial charge in [0.15, 0.2) is 0 Å². The molecule has 18 heavy (non-hydrogen) atoms. The predicted molar refractivity (Wildman–Crippen MR) is 73.2 cm³/mol. The third-order valence-electron chi connectivity index (χ3n) is 2.71. The van der Waals surface area contributed by atoms with Crippen molar-refractivity contribution in [2.24, 2.45) is 11.7 Å². The van der Waals surface area contributed by atoms with Crippen molar-refractivity contribution in [1.29, 1.82) is 0 Å². The maximum atomic E-state index is 12.8. The minimum Gasteiger partial charge on any atom is -0.352 e. The number of carbonyl (C=O) groups is 1. The Morgan fingerprint density at radius 1 is 1.33 bits per heavy atom. The Hall–Kier alpha value is -1.13. The second kappa shape index (κ2) is 8.06. The van der Waals surface area contributed by atoms with Gasteiger partial charge in [-0.05, 0) is 30.0 Å². The first-order chi connectivity index (χ1) is 8.02. The zero-order valence-electron chi connectivity index (χ0n) is 10.7. The third kappa shape index (κ3) is 5.47. The van der Waals surface area contributed by atoms with Crippen molar-refractivity contribution in [3.63, 3.8) is 0 Å². The van der Waals surface area contributed by atoms with Crippen LogP contribution in [0.15, 0.2) is 24.3 Å². The zero-order valence-corrected chi connectivity index (χ0v) is 11.5. The molecule has 0 aliphatic rings. The standard InChI is InChI=1S/C13H19FN2O.ClH/c1-9(2)12(16-13(17)8-15)7-10-3-5-11(14)6-4-10;/h3-6,9,12H,7-8,15H2,1-2H3,(H,16,17);1H. The van der Waals surface area contributed by atoms with Crippen LogP contribution in [-0.2, 0) is 11.2 Å². The molecule has 0 aromatic heterocycles. The summed E-state index contributed by atoms with van der Waals surface area (Å²) in [6, 6.07) is 6.35. The summed E-state index contributed by atoms with van der Waals surface area (Å²) in [7, 11) is 0. The van der Waals surface area contributed by atoms with E-state index in [0.717, 1.165) is 5.56 Å². The molecule has 1 unspecified atom stereocenters. The lowest BCUT2D eigenvalue weighted by Gasteiger charge is -2.22. The molecule has 0 radical (unpaired) electrons. The van der Waals surface area contributed by atoms with Crippen molar-refractivity contribution < 1.29 is 9.18 Å². The smallest absolute Gasteiger partial charge is 0.233 e. The van der Waals surface area contributed by atoms with Gasteiger partial charge in [-0.15, -0.1) is 12.4 Å². The SMILES string of the molecule is CC(C)C(Cc1ccc(F)cc1)NC(=O)CN.Cl. The van der Waals surface area contributed by atoms with Crippen molar-refractivity contribution in [2.45, 2.75) is 26.3 Å². The van der Waals surface area contributed by atoms with Crippen LogP contribution in [0.5, 0.6) is 0 Å². The van der Waals surface area contributed by atoms with Crippen LogP contribution in [0.1, 0.15) is 19.4 Å². The minimum atomic E-state index is -0.249. The van der Waals surface area contributed by atoms with E-state index in [-0.39, 0.29) is 36.7 Å². The summed E-state index contributed by atoms with van der Waals surface area (Å²) in [6.07, 6.45) is 0.684. The monoisotopic (exact) mass is 274 g/mol. The van der Waals surface area contributed by atoms with E-state index >= 15 is 0 Å². The van der Waals surface area contributed by atoms with Gasteiger partial charge in [0.25, 0.3) is 0 Å². The summed E-state index contributed by atoms with van der Waals surface area (Å²) in [4.78, 5) is 11.3. The number of hydrogen-bond acceptors (Lipinski definition) is 2. The molecule has 1 aromatic rings. The fourth-order valence-corrected chi connectivity index (χ4v) is 1.59. The van der Waals surface area contributed by atoms with Gasteiger partial charge in [0.1, 0.15) is 5.82 Å². The number of nitrogens with one attached hydrogen (secondary N) is 1. The van der Waals surface area contributed by atoms with Crippen molar-refractivity contribution in [1.82, 2.24) is 5.32 Å². The van der Waals surface area contributed by atoms with Gasteiger partial charge in [-0.1, -0.05) is 26.0 Å². The molecule has 0 heterocycles. The van der Waals surface area contributed by atoms with Crippen molar-refractivity contribution in [2.75, 3.05) is 6.54 Å². The van der Waals surface area contributed by atoms with Crippen LogP contribution in [0.4, 0.5) is 4.39 Å². The zero-order chi connectivity index (χ0) is 12.8. The van der Waals surface area contributed by atoms with Gasteiger partial charge >= 0.3 is 0 Å². The highest BCUT2D eigenvalue weighted by atomic mass is 35.5. The molecule has 1 aromatic carbocycles. The van der Waals surface area contributed by atoms with Crippen molar-refractivity contribution in [3.05, 3.63) is 35.6 Å². The molecule has 1 atom stereocenters. The van der Waals surface area contributed by atoms with E-state index in [9.17, 15) is 9.18 Å². The average Bonchev–Trinajstić information content (AvgIpc) is 2.30. The molecule has 0 spiro atoms. The van der Waals surface area contributed by atoms with E-state index in [0.29, 0.717) is 12.3 Å². The Bertz CT molecular complexity index is 368. The van der Waals surface area contributed by atoms with E-state index in [1.807, 2.05) is 13.8 Å². The third-order valence-corrected chi connectivity index (χ3v) is 2.71. The van der Waals surface area contributed by atoms with Crippen LogP contribution < -0.4 is 11.1 Å². The summed E-state index contributed by atoms with van der Waals surface area (Å²) in [5, 5.41) is 2.87. The number of rotatable bonds is 5. The minimum absolute atomic E-state index is 0. The Labute approximate surface area is 113 Å². The van der Waals surface area contributed by atoms with E-state index < -0.39 is 0 Å². The molecular weight excluding hydrogens is 255 g/mol. The molecule has 1 amide bonds. The average molecular weight is 275 g/mol. The number of halogens is 2. The Balaban J connectivity index is 0.00000289. The molecule has 0 aliphatic carbocycles. The molecule has 3 nitrogen and oxygen atoms in total. The first-order valence-electron chi connectivity index (χ1n) is 5.76. The molecule has 0 saturated carbocycles. The Kier molecular flexibility index (Phi) is 7.55. The van der Waals surface area contributed by atoms with Crippen LogP contribution in [0.2, 0.25) is 0 Å². The predicted octanol–water partition coefficient (Wildman–Crippen LogP) is 1.89. The first-order valence-corrected chi connectivity index (χ1v) is 5.76. The topological polar surface area (TPSA) is 55.1 Å². The molecule has 102 valence electrons. The summed E-state index contributed by atoms with van der Waals surface area (Å²) < 4.78 is 12.8. The molecule has 0 bridgehead atoms. The first kappa shape index (κ1) is 16.9. The maximum absolute atomic E-state index is 12.8. The second-order valence-electron chi connectivity index (χ2n) is 4.45. The fourth-order valence-electron chi connectivity index (χ4n) is 1.59. The number of nitrogens with two attached hydrogens (primary N) is 1. The molecule has 0 aliphatic heterocycles. The van der Waals surface area contributed by atoms with Gasteiger partial charge in [-0.25, -0.2) is 4.39 Å². The molecule has 0 saturated heterocycles. The van der Waals surface area contributed by atoms with Gasteiger partial charge in [0.2, 0.25) is 5.91 Å².